The van der Waals surface area contributed by atoms with E-state index < -0.39 is 5.41 Å². The number of benzene rings is 2. The van der Waals surface area contributed by atoms with Gasteiger partial charge in [-0.15, -0.1) is 11.3 Å². The second-order valence-electron chi connectivity index (χ2n) is 8.76. The lowest BCUT2D eigenvalue weighted by molar-refractivity contribution is -0.133. The molecular formula is C27H28N2O2S. The van der Waals surface area contributed by atoms with E-state index in [1.54, 1.807) is 11.3 Å². The number of carbonyl (C=O) groups is 2. The third kappa shape index (κ3) is 3.75. The lowest BCUT2D eigenvalue weighted by Gasteiger charge is -2.41. The van der Waals surface area contributed by atoms with Crippen LogP contribution in [0.4, 0.5) is 0 Å². The van der Waals surface area contributed by atoms with E-state index in [0.29, 0.717) is 19.5 Å². The molecule has 0 spiro atoms. The van der Waals surface area contributed by atoms with E-state index in [4.69, 9.17) is 0 Å². The second-order valence-corrected chi connectivity index (χ2v) is 9.76. The van der Waals surface area contributed by atoms with E-state index in [2.05, 4.69) is 28.9 Å². The standard InChI is InChI=1S/C27H28N2O2S/c30-24(12-17-28-26(31)27(15-7-16-27)21-10-5-2-6-11-21)29-18-13-23-22(14-19-32-23)25(29)20-8-3-1-4-9-20/h1-6,8-11,14,19,25H,7,12-13,15-18H2,(H,28,31). The number of hydrogen-bond donors (Lipinski definition) is 1. The highest BCUT2D eigenvalue weighted by Gasteiger charge is 2.45. The summed E-state index contributed by atoms with van der Waals surface area (Å²) in [4.78, 5) is 29.7. The van der Waals surface area contributed by atoms with Crippen LogP contribution in [0.3, 0.4) is 0 Å². The number of nitrogens with one attached hydrogen (secondary N) is 1. The fraction of sp³-hybridized carbons (Fsp3) is 0.333. The van der Waals surface area contributed by atoms with Gasteiger partial charge in [0.25, 0.3) is 0 Å². The molecule has 0 saturated heterocycles. The first-order valence-electron chi connectivity index (χ1n) is 11.4. The van der Waals surface area contributed by atoms with E-state index in [9.17, 15) is 9.59 Å². The van der Waals surface area contributed by atoms with E-state index in [1.807, 2.05) is 53.4 Å². The Balaban J connectivity index is 1.26. The molecule has 1 aromatic heterocycles. The minimum atomic E-state index is -0.423. The summed E-state index contributed by atoms with van der Waals surface area (Å²) in [7, 11) is 0. The molecular weight excluding hydrogens is 416 g/mol. The SMILES string of the molecule is O=C(CCNC(=O)C1(c2ccccc2)CCC1)N1CCc2sccc2C1c1ccccc1. The van der Waals surface area contributed by atoms with E-state index in [1.165, 1.54) is 10.4 Å². The van der Waals surface area contributed by atoms with E-state index >= 15 is 0 Å². The monoisotopic (exact) mass is 444 g/mol. The van der Waals surface area contributed by atoms with Crippen molar-refractivity contribution in [2.45, 2.75) is 43.6 Å². The number of thiophene rings is 1. The van der Waals surface area contributed by atoms with Crippen LogP contribution in [0, 0.1) is 0 Å². The van der Waals surface area contributed by atoms with Crippen LogP contribution in [0.15, 0.2) is 72.1 Å². The summed E-state index contributed by atoms with van der Waals surface area (Å²) < 4.78 is 0. The first-order valence-corrected chi connectivity index (χ1v) is 12.3. The Morgan fingerprint density at radius 3 is 2.41 bits per heavy atom. The summed E-state index contributed by atoms with van der Waals surface area (Å²) in [5, 5.41) is 5.20. The van der Waals surface area contributed by atoms with Gasteiger partial charge in [-0.3, -0.25) is 9.59 Å². The van der Waals surface area contributed by atoms with Crippen molar-refractivity contribution in [2.75, 3.05) is 13.1 Å². The quantitative estimate of drug-likeness (QED) is 0.591. The molecule has 4 nitrogen and oxygen atoms in total. The number of hydrogen-bond acceptors (Lipinski definition) is 3. The summed E-state index contributed by atoms with van der Waals surface area (Å²) in [6.07, 6.45) is 4.03. The highest BCUT2D eigenvalue weighted by atomic mass is 32.1. The number of carbonyl (C=O) groups excluding carboxylic acids is 2. The summed E-state index contributed by atoms with van der Waals surface area (Å²) in [6, 6.07) is 22.4. The van der Waals surface area contributed by atoms with Crippen molar-refractivity contribution in [3.63, 3.8) is 0 Å². The van der Waals surface area contributed by atoms with Gasteiger partial charge in [0, 0.05) is 24.4 Å². The van der Waals surface area contributed by atoms with Crippen LogP contribution in [-0.2, 0) is 21.4 Å². The van der Waals surface area contributed by atoms with Crippen LogP contribution in [0.2, 0.25) is 0 Å². The molecule has 32 heavy (non-hydrogen) atoms. The second kappa shape index (κ2) is 8.91. The maximum atomic E-state index is 13.3. The molecule has 3 aromatic rings. The fourth-order valence-corrected chi connectivity index (χ4v) is 6.01. The third-order valence-electron chi connectivity index (χ3n) is 6.99. The molecule has 1 unspecified atom stereocenters. The Labute approximate surface area is 193 Å². The van der Waals surface area contributed by atoms with E-state index in [-0.39, 0.29) is 17.9 Å². The van der Waals surface area contributed by atoms with Crippen LogP contribution in [0.5, 0.6) is 0 Å². The van der Waals surface area contributed by atoms with Gasteiger partial charge in [-0.2, -0.15) is 0 Å². The molecule has 2 amide bonds. The molecule has 1 fully saturated rings. The zero-order valence-corrected chi connectivity index (χ0v) is 18.9. The lowest BCUT2D eigenvalue weighted by Crippen LogP contribution is -2.50. The molecule has 1 atom stereocenters. The van der Waals surface area contributed by atoms with Crippen LogP contribution < -0.4 is 5.32 Å². The average molecular weight is 445 g/mol. The largest absolute Gasteiger partial charge is 0.355 e. The van der Waals surface area contributed by atoms with Gasteiger partial charge in [0.1, 0.15) is 0 Å². The van der Waals surface area contributed by atoms with Crippen molar-refractivity contribution in [1.29, 1.82) is 0 Å². The Morgan fingerprint density at radius 2 is 1.72 bits per heavy atom. The first kappa shape index (κ1) is 21.0. The van der Waals surface area contributed by atoms with Gasteiger partial charge >= 0.3 is 0 Å². The van der Waals surface area contributed by atoms with Gasteiger partial charge in [-0.25, -0.2) is 0 Å². The van der Waals surface area contributed by atoms with Crippen LogP contribution in [0.25, 0.3) is 0 Å². The molecule has 2 aromatic carbocycles. The summed E-state index contributed by atoms with van der Waals surface area (Å²) in [5.74, 6) is 0.152. The van der Waals surface area contributed by atoms with Crippen molar-refractivity contribution in [1.82, 2.24) is 10.2 Å². The van der Waals surface area contributed by atoms with Gasteiger partial charge in [0.2, 0.25) is 11.8 Å². The van der Waals surface area contributed by atoms with Crippen molar-refractivity contribution in [3.8, 4) is 0 Å². The number of amides is 2. The van der Waals surface area contributed by atoms with Gasteiger partial charge in [0.15, 0.2) is 0 Å². The Morgan fingerprint density at radius 1 is 1.00 bits per heavy atom. The molecule has 0 bridgehead atoms. The number of rotatable bonds is 6. The minimum absolute atomic E-state index is 0.0447. The normalized spacial score (nSPS) is 19.0. The highest BCUT2D eigenvalue weighted by Crippen LogP contribution is 2.44. The summed E-state index contributed by atoms with van der Waals surface area (Å²) in [6.45, 7) is 1.09. The molecule has 1 aliphatic heterocycles. The molecule has 5 rings (SSSR count). The fourth-order valence-electron chi connectivity index (χ4n) is 5.11. The van der Waals surface area contributed by atoms with Crippen molar-refractivity contribution in [3.05, 3.63) is 93.7 Å². The molecule has 5 heteroatoms. The molecule has 2 heterocycles. The van der Waals surface area contributed by atoms with Gasteiger partial charge < -0.3 is 10.2 Å². The zero-order valence-electron chi connectivity index (χ0n) is 18.1. The maximum absolute atomic E-state index is 13.3. The number of fused-ring (bicyclic) bond motifs is 1. The topological polar surface area (TPSA) is 49.4 Å². The summed E-state index contributed by atoms with van der Waals surface area (Å²) in [5.41, 5.74) is 3.04. The predicted molar refractivity (Wildman–Crippen MR) is 128 cm³/mol. The first-order chi connectivity index (χ1) is 15.7. The lowest BCUT2D eigenvalue weighted by atomic mass is 9.64. The minimum Gasteiger partial charge on any atom is -0.355 e. The maximum Gasteiger partial charge on any atom is 0.230 e. The Kier molecular flexibility index (Phi) is 5.83. The van der Waals surface area contributed by atoms with Crippen LogP contribution >= 0.6 is 11.3 Å². The third-order valence-corrected chi connectivity index (χ3v) is 7.99. The number of nitrogens with zero attached hydrogens (tertiary/aromatic N) is 1. The highest BCUT2D eigenvalue weighted by molar-refractivity contribution is 7.10. The molecule has 164 valence electrons. The summed E-state index contributed by atoms with van der Waals surface area (Å²) >= 11 is 1.77. The zero-order chi connectivity index (χ0) is 22.0. The smallest absolute Gasteiger partial charge is 0.230 e. The van der Waals surface area contributed by atoms with Gasteiger partial charge in [0.05, 0.1) is 11.5 Å². The molecule has 1 saturated carbocycles. The van der Waals surface area contributed by atoms with Crippen LogP contribution in [-0.4, -0.2) is 29.8 Å². The van der Waals surface area contributed by atoms with Gasteiger partial charge in [-0.1, -0.05) is 67.1 Å². The molecule has 2 aliphatic rings. The van der Waals surface area contributed by atoms with Crippen LogP contribution in [0.1, 0.15) is 53.3 Å². The predicted octanol–water partition coefficient (Wildman–Crippen LogP) is 4.85. The van der Waals surface area contributed by atoms with Crippen molar-refractivity contribution >= 4 is 23.2 Å². The van der Waals surface area contributed by atoms with E-state index in [0.717, 1.165) is 36.8 Å². The molecule has 1 aliphatic carbocycles. The molecule has 0 radical (unpaired) electrons. The van der Waals surface area contributed by atoms with Crippen molar-refractivity contribution < 1.29 is 9.59 Å². The Bertz CT molecular complexity index is 1090. The van der Waals surface area contributed by atoms with Crippen molar-refractivity contribution in [2.24, 2.45) is 0 Å². The molecule has 1 N–H and O–H groups in total. The van der Waals surface area contributed by atoms with Gasteiger partial charge in [-0.05, 0) is 47.4 Å². The Hall–Kier alpha value is -2.92. The average Bonchev–Trinajstić information content (AvgIpc) is 3.28.